The monoisotopic (exact) mass is 433 g/mol. The minimum absolute atomic E-state index is 0.207. The number of allylic oxidation sites excluding steroid dienone is 1. The van der Waals surface area contributed by atoms with Gasteiger partial charge in [-0.1, -0.05) is 24.3 Å². The van der Waals surface area contributed by atoms with E-state index in [0.717, 1.165) is 0 Å². The molecule has 3 atom stereocenters. The molecule has 0 unspecified atom stereocenters. The van der Waals surface area contributed by atoms with Crippen molar-refractivity contribution in [1.29, 1.82) is 0 Å². The van der Waals surface area contributed by atoms with E-state index in [1.807, 2.05) is 0 Å². The molecular weight excluding hydrogens is 411 g/mol. The molecule has 1 N–H and O–H groups in total. The summed E-state index contributed by atoms with van der Waals surface area (Å²) >= 11 is 0. The molecule has 0 bridgehead atoms. The summed E-state index contributed by atoms with van der Waals surface area (Å²) < 4.78 is 51.4. The van der Waals surface area contributed by atoms with Crippen LogP contribution < -0.4 is 10.1 Å². The molecule has 164 valence electrons. The topological polar surface area (TPSA) is 64.6 Å². The second-order valence-electron chi connectivity index (χ2n) is 7.12. The van der Waals surface area contributed by atoms with Gasteiger partial charge in [0.1, 0.15) is 28.8 Å². The highest BCUT2D eigenvalue weighted by molar-refractivity contribution is 5.95. The molecule has 5 nitrogen and oxygen atoms in total. The number of hydrogen-bond donors (Lipinski definition) is 1. The summed E-state index contributed by atoms with van der Waals surface area (Å²) in [6.07, 6.45) is 3.74. The van der Waals surface area contributed by atoms with Crippen molar-refractivity contribution in [2.75, 3.05) is 13.7 Å². The number of carbonyl (C=O) groups excluding carboxylic acids is 2. The number of ether oxygens (including phenoxy) is 2. The zero-order chi connectivity index (χ0) is 22.5. The third kappa shape index (κ3) is 5.07. The van der Waals surface area contributed by atoms with Gasteiger partial charge in [-0.05, 0) is 37.0 Å². The summed E-state index contributed by atoms with van der Waals surface area (Å²) in [5, 5.41) is 2.52. The molecule has 3 rings (SSSR count). The van der Waals surface area contributed by atoms with Gasteiger partial charge in [0.2, 0.25) is 0 Å². The van der Waals surface area contributed by atoms with Gasteiger partial charge in [-0.2, -0.15) is 0 Å². The Hall–Kier alpha value is -3.29. The zero-order valence-electron chi connectivity index (χ0n) is 17.0. The molecule has 8 heteroatoms. The molecule has 0 fully saturated rings. The average Bonchev–Trinajstić information content (AvgIpc) is 3.15. The number of nitrogens with one attached hydrogen (secondary N) is 1. The Bertz CT molecular complexity index is 985. The Labute approximate surface area is 177 Å². The summed E-state index contributed by atoms with van der Waals surface area (Å²) in [5.74, 6) is -5.48. The van der Waals surface area contributed by atoms with Crippen LogP contribution in [0.2, 0.25) is 0 Å². The standard InChI is InChI=1S/C23H22F3NO4/c1-3-31-23(29)20(13-5-4-6-17(10-13)30-2)14-7-8-16(9-14)27-22(28)21-18(25)11-15(24)12-19(21)26/h4-8,10-12,14,16,20H,3,9H2,1-2H3,(H,27,28)/t14-,16+,20+/m0/s1. The van der Waals surface area contributed by atoms with Gasteiger partial charge in [0.25, 0.3) is 5.91 Å². The predicted octanol–water partition coefficient (Wildman–Crippen LogP) is 4.13. The van der Waals surface area contributed by atoms with Gasteiger partial charge in [-0.3, -0.25) is 9.59 Å². The fraction of sp³-hybridized carbons (Fsp3) is 0.304. The third-order valence-corrected chi connectivity index (χ3v) is 5.09. The van der Waals surface area contributed by atoms with E-state index in [9.17, 15) is 22.8 Å². The lowest BCUT2D eigenvalue weighted by Crippen LogP contribution is -2.35. The molecule has 0 aliphatic heterocycles. The summed E-state index contributed by atoms with van der Waals surface area (Å²) in [4.78, 5) is 25.0. The van der Waals surface area contributed by atoms with E-state index >= 15 is 0 Å². The third-order valence-electron chi connectivity index (χ3n) is 5.09. The maximum atomic E-state index is 13.9. The number of amides is 1. The van der Waals surface area contributed by atoms with Crippen LogP contribution in [0.1, 0.15) is 35.2 Å². The summed E-state index contributed by atoms with van der Waals surface area (Å²) in [7, 11) is 1.52. The predicted molar refractivity (Wildman–Crippen MR) is 107 cm³/mol. The van der Waals surface area contributed by atoms with Crippen LogP contribution in [0.3, 0.4) is 0 Å². The van der Waals surface area contributed by atoms with Crippen molar-refractivity contribution in [3.05, 3.63) is 77.1 Å². The smallest absolute Gasteiger partial charge is 0.314 e. The number of methoxy groups -OCH3 is 1. The number of rotatable bonds is 7. The van der Waals surface area contributed by atoms with Gasteiger partial charge in [0, 0.05) is 18.2 Å². The lowest BCUT2D eigenvalue weighted by Gasteiger charge is -2.23. The molecule has 2 aromatic carbocycles. The van der Waals surface area contributed by atoms with Gasteiger partial charge < -0.3 is 14.8 Å². The summed E-state index contributed by atoms with van der Waals surface area (Å²) in [5.41, 5.74) is -0.164. The number of benzene rings is 2. The minimum Gasteiger partial charge on any atom is -0.497 e. The normalized spacial score (nSPS) is 18.5. The molecule has 0 aromatic heterocycles. The first-order valence-electron chi connectivity index (χ1n) is 9.78. The minimum atomic E-state index is -1.28. The Balaban J connectivity index is 1.77. The molecule has 0 radical (unpaired) electrons. The Kier molecular flexibility index (Phi) is 6.99. The first-order valence-corrected chi connectivity index (χ1v) is 9.78. The van der Waals surface area contributed by atoms with E-state index in [4.69, 9.17) is 9.47 Å². The van der Waals surface area contributed by atoms with Gasteiger partial charge in [-0.15, -0.1) is 0 Å². The zero-order valence-corrected chi connectivity index (χ0v) is 17.0. The maximum absolute atomic E-state index is 13.9. The first-order chi connectivity index (χ1) is 14.8. The van der Waals surface area contributed by atoms with Crippen molar-refractivity contribution in [1.82, 2.24) is 5.32 Å². The lowest BCUT2D eigenvalue weighted by molar-refractivity contribution is -0.146. The fourth-order valence-electron chi connectivity index (χ4n) is 3.71. The van der Waals surface area contributed by atoms with E-state index in [-0.39, 0.29) is 12.5 Å². The largest absolute Gasteiger partial charge is 0.497 e. The molecule has 0 spiro atoms. The van der Waals surface area contributed by atoms with Gasteiger partial charge in [0.15, 0.2) is 0 Å². The second kappa shape index (κ2) is 9.68. The van der Waals surface area contributed by atoms with Crippen LogP contribution in [-0.4, -0.2) is 31.6 Å². The van der Waals surface area contributed by atoms with Crippen LogP contribution in [0.25, 0.3) is 0 Å². The van der Waals surface area contributed by atoms with Crippen molar-refractivity contribution < 1.29 is 32.2 Å². The van der Waals surface area contributed by atoms with Crippen LogP contribution in [0.15, 0.2) is 48.6 Å². The molecule has 1 aliphatic carbocycles. The van der Waals surface area contributed by atoms with E-state index in [1.165, 1.54) is 7.11 Å². The van der Waals surface area contributed by atoms with Gasteiger partial charge in [0.05, 0.1) is 19.6 Å². The number of halogens is 3. The van der Waals surface area contributed by atoms with E-state index < -0.39 is 46.9 Å². The van der Waals surface area contributed by atoms with Crippen LogP contribution in [-0.2, 0) is 9.53 Å². The highest BCUT2D eigenvalue weighted by Gasteiger charge is 2.35. The Morgan fingerprint density at radius 3 is 2.48 bits per heavy atom. The molecule has 0 saturated heterocycles. The second-order valence-corrected chi connectivity index (χ2v) is 7.12. The number of carbonyl (C=O) groups is 2. The quantitative estimate of drug-likeness (QED) is 0.527. The molecule has 0 saturated carbocycles. The first kappa shape index (κ1) is 22.4. The van der Waals surface area contributed by atoms with Crippen LogP contribution in [0.4, 0.5) is 13.2 Å². The SMILES string of the molecule is CCOC(=O)[C@H](c1cccc(OC)c1)[C@H]1C=C[C@@H](NC(=O)c2c(F)cc(F)cc2F)C1. The van der Waals surface area contributed by atoms with Crippen molar-refractivity contribution in [2.24, 2.45) is 5.92 Å². The lowest BCUT2D eigenvalue weighted by atomic mass is 9.85. The molecule has 1 amide bonds. The summed E-state index contributed by atoms with van der Waals surface area (Å²) in [6.45, 7) is 1.92. The number of esters is 1. The van der Waals surface area contributed by atoms with Gasteiger partial charge in [-0.25, -0.2) is 13.2 Å². The highest BCUT2D eigenvalue weighted by atomic mass is 19.1. The van der Waals surface area contributed by atoms with Gasteiger partial charge >= 0.3 is 5.97 Å². The highest BCUT2D eigenvalue weighted by Crippen LogP contribution is 2.36. The van der Waals surface area contributed by atoms with Crippen LogP contribution in [0.5, 0.6) is 5.75 Å². The molecular formula is C23H22F3NO4. The fourth-order valence-corrected chi connectivity index (χ4v) is 3.71. The molecule has 2 aromatic rings. The molecule has 1 aliphatic rings. The Morgan fingerprint density at radius 2 is 1.84 bits per heavy atom. The molecule has 0 heterocycles. The molecule has 31 heavy (non-hydrogen) atoms. The maximum Gasteiger partial charge on any atom is 0.314 e. The van der Waals surface area contributed by atoms with Crippen molar-refractivity contribution in [3.8, 4) is 5.75 Å². The van der Waals surface area contributed by atoms with E-state index in [0.29, 0.717) is 29.9 Å². The van der Waals surface area contributed by atoms with E-state index in [2.05, 4.69) is 5.32 Å². The van der Waals surface area contributed by atoms with Crippen LogP contribution >= 0.6 is 0 Å². The summed E-state index contributed by atoms with van der Waals surface area (Å²) in [6, 6.07) is 7.38. The van der Waals surface area contributed by atoms with Crippen molar-refractivity contribution >= 4 is 11.9 Å². The van der Waals surface area contributed by atoms with Crippen molar-refractivity contribution in [3.63, 3.8) is 0 Å². The Morgan fingerprint density at radius 1 is 1.13 bits per heavy atom. The van der Waals surface area contributed by atoms with Crippen molar-refractivity contribution in [2.45, 2.75) is 25.3 Å². The average molecular weight is 433 g/mol. The van der Waals surface area contributed by atoms with E-state index in [1.54, 1.807) is 43.3 Å². The van der Waals surface area contributed by atoms with Crippen LogP contribution in [0, 0.1) is 23.4 Å². The number of hydrogen-bond acceptors (Lipinski definition) is 4.